The molecule has 152 valence electrons. The van der Waals surface area contributed by atoms with E-state index >= 15 is 0 Å². The van der Waals surface area contributed by atoms with Crippen LogP contribution >= 0.6 is 0 Å². The van der Waals surface area contributed by atoms with E-state index in [1.165, 1.54) is 6.08 Å². The maximum atomic E-state index is 12.2. The Morgan fingerprint density at radius 2 is 2.03 bits per heavy atom. The first-order valence-corrected chi connectivity index (χ1v) is 9.45. The fourth-order valence-corrected chi connectivity index (χ4v) is 2.50. The smallest absolute Gasteiger partial charge is 0.248 e. The van der Waals surface area contributed by atoms with Crippen molar-refractivity contribution in [2.24, 2.45) is 0 Å². The molecule has 0 spiro atoms. The molecule has 0 aliphatic carbocycles. The zero-order chi connectivity index (χ0) is 21.1. The molecular weight excluding hydrogens is 368 g/mol. The topological polar surface area (TPSA) is 80.6 Å². The van der Waals surface area contributed by atoms with Crippen molar-refractivity contribution in [1.29, 1.82) is 5.26 Å². The van der Waals surface area contributed by atoms with E-state index in [2.05, 4.69) is 11.4 Å². The average molecular weight is 394 g/mol. The number of hydrogen-bond donors (Lipinski definition) is 1. The normalized spacial score (nSPS) is 10.6. The van der Waals surface area contributed by atoms with E-state index in [1.54, 1.807) is 31.4 Å². The van der Waals surface area contributed by atoms with E-state index in [-0.39, 0.29) is 12.0 Å². The molecule has 0 aliphatic rings. The highest BCUT2D eigenvalue weighted by Gasteiger charge is 2.07. The van der Waals surface area contributed by atoms with Crippen LogP contribution in [0.2, 0.25) is 0 Å². The van der Waals surface area contributed by atoms with E-state index in [0.717, 1.165) is 5.56 Å². The Balaban J connectivity index is 1.96. The number of hydrogen-bond acceptors (Lipinski definition) is 5. The fourth-order valence-electron chi connectivity index (χ4n) is 2.50. The number of amides is 1. The first kappa shape index (κ1) is 21.8. The van der Waals surface area contributed by atoms with Crippen molar-refractivity contribution in [2.45, 2.75) is 32.8 Å². The minimum absolute atomic E-state index is 0.0437. The molecule has 0 saturated carbocycles. The highest BCUT2D eigenvalue weighted by Crippen LogP contribution is 2.29. The summed E-state index contributed by atoms with van der Waals surface area (Å²) in [5.41, 5.74) is 1.46. The quantitative estimate of drug-likeness (QED) is 0.462. The van der Waals surface area contributed by atoms with Crippen LogP contribution in [0.25, 0.3) is 6.08 Å². The highest BCUT2D eigenvalue weighted by atomic mass is 16.5. The molecule has 0 atom stereocenters. The van der Waals surface area contributed by atoms with Crippen LogP contribution in [0.15, 0.2) is 48.5 Å². The molecule has 6 nitrogen and oxygen atoms in total. The van der Waals surface area contributed by atoms with E-state index in [0.29, 0.717) is 42.4 Å². The van der Waals surface area contributed by atoms with Crippen molar-refractivity contribution in [3.05, 3.63) is 54.1 Å². The summed E-state index contributed by atoms with van der Waals surface area (Å²) in [6.07, 6.45) is 4.33. The molecule has 2 aromatic carbocycles. The molecule has 2 rings (SSSR count). The Morgan fingerprint density at radius 1 is 1.21 bits per heavy atom. The zero-order valence-corrected chi connectivity index (χ0v) is 17.0. The number of ether oxygens (including phenoxy) is 3. The Morgan fingerprint density at radius 3 is 2.76 bits per heavy atom. The Kier molecular flexibility index (Phi) is 8.58. The lowest BCUT2D eigenvalue weighted by molar-refractivity contribution is -0.111. The molecule has 0 radical (unpaired) electrons. The molecule has 29 heavy (non-hydrogen) atoms. The first-order valence-electron chi connectivity index (χ1n) is 9.45. The van der Waals surface area contributed by atoms with Gasteiger partial charge in [0.05, 0.1) is 25.9 Å². The third-order valence-corrected chi connectivity index (χ3v) is 3.78. The summed E-state index contributed by atoms with van der Waals surface area (Å²) in [4.78, 5) is 12.2. The van der Waals surface area contributed by atoms with Gasteiger partial charge in [0.1, 0.15) is 5.75 Å². The third kappa shape index (κ3) is 7.59. The predicted molar refractivity (Wildman–Crippen MR) is 113 cm³/mol. The summed E-state index contributed by atoms with van der Waals surface area (Å²) in [5.74, 6) is 1.67. The Bertz CT molecular complexity index is 885. The van der Waals surface area contributed by atoms with Crippen LogP contribution in [-0.2, 0) is 4.79 Å². The molecule has 0 unspecified atom stereocenters. The van der Waals surface area contributed by atoms with Crippen LogP contribution in [0.3, 0.4) is 0 Å². The first-order chi connectivity index (χ1) is 14.0. The van der Waals surface area contributed by atoms with Crippen molar-refractivity contribution < 1.29 is 19.0 Å². The third-order valence-electron chi connectivity index (χ3n) is 3.78. The van der Waals surface area contributed by atoms with Gasteiger partial charge in [0, 0.05) is 24.3 Å². The second-order valence-electron chi connectivity index (χ2n) is 6.54. The SMILES string of the molecule is COc1cc(/C=C/C(=O)Nc2cccc(OCCCC#N)c2)ccc1OC(C)C. The number of carbonyl (C=O) groups is 1. The van der Waals surface area contributed by atoms with E-state index in [9.17, 15) is 4.79 Å². The molecular formula is C23H26N2O4. The van der Waals surface area contributed by atoms with Crippen molar-refractivity contribution in [3.63, 3.8) is 0 Å². The largest absolute Gasteiger partial charge is 0.493 e. The lowest BCUT2D eigenvalue weighted by Crippen LogP contribution is -2.08. The van der Waals surface area contributed by atoms with Crippen molar-refractivity contribution in [3.8, 4) is 23.3 Å². The molecule has 0 saturated heterocycles. The summed E-state index contributed by atoms with van der Waals surface area (Å²) in [6.45, 7) is 4.36. The second kappa shape index (κ2) is 11.4. The number of benzene rings is 2. The molecule has 0 aromatic heterocycles. The molecule has 0 heterocycles. The fraction of sp³-hybridized carbons (Fsp3) is 0.304. The number of nitrogens with one attached hydrogen (secondary N) is 1. The summed E-state index contributed by atoms with van der Waals surface area (Å²) in [6, 6.07) is 14.7. The Labute approximate surface area is 171 Å². The predicted octanol–water partition coefficient (Wildman–Crippen LogP) is 4.82. The number of nitrogens with zero attached hydrogens (tertiary/aromatic N) is 1. The Hall–Kier alpha value is -3.46. The number of anilines is 1. The van der Waals surface area contributed by atoms with Crippen LogP contribution < -0.4 is 19.5 Å². The molecule has 0 aliphatic heterocycles. The number of carbonyl (C=O) groups excluding carboxylic acids is 1. The summed E-state index contributed by atoms with van der Waals surface area (Å²) < 4.78 is 16.6. The molecule has 6 heteroatoms. The van der Waals surface area contributed by atoms with Gasteiger partial charge >= 0.3 is 0 Å². The standard InChI is InChI=1S/C23H26N2O4/c1-17(2)29-21-11-9-18(15-22(21)27-3)10-12-23(26)25-19-7-6-8-20(16-19)28-14-5-4-13-24/h6-12,15-17H,4-5,14H2,1-3H3,(H,25,26)/b12-10+. The number of unbranched alkanes of at least 4 members (excludes halogenated alkanes) is 1. The highest BCUT2D eigenvalue weighted by molar-refractivity contribution is 6.02. The molecule has 2 aromatic rings. The van der Waals surface area contributed by atoms with Crippen molar-refractivity contribution in [1.82, 2.24) is 0 Å². The molecule has 1 amide bonds. The van der Waals surface area contributed by atoms with Crippen LogP contribution in [0, 0.1) is 11.3 Å². The van der Waals surface area contributed by atoms with Gasteiger partial charge in [-0.3, -0.25) is 4.79 Å². The van der Waals surface area contributed by atoms with E-state index in [4.69, 9.17) is 19.5 Å². The summed E-state index contributed by atoms with van der Waals surface area (Å²) in [5, 5.41) is 11.4. The monoisotopic (exact) mass is 394 g/mol. The van der Waals surface area contributed by atoms with Gasteiger partial charge in [0.2, 0.25) is 5.91 Å². The van der Waals surface area contributed by atoms with Crippen LogP contribution in [0.4, 0.5) is 5.69 Å². The maximum absolute atomic E-state index is 12.2. The summed E-state index contributed by atoms with van der Waals surface area (Å²) in [7, 11) is 1.58. The molecule has 0 bridgehead atoms. The van der Waals surface area contributed by atoms with Gasteiger partial charge in [0.25, 0.3) is 0 Å². The van der Waals surface area contributed by atoms with Gasteiger partial charge in [-0.15, -0.1) is 0 Å². The lowest BCUT2D eigenvalue weighted by Gasteiger charge is -2.13. The second-order valence-corrected chi connectivity index (χ2v) is 6.54. The van der Waals surface area contributed by atoms with Crippen LogP contribution in [-0.4, -0.2) is 25.7 Å². The van der Waals surface area contributed by atoms with Crippen LogP contribution in [0.5, 0.6) is 17.2 Å². The van der Waals surface area contributed by atoms with Crippen LogP contribution in [0.1, 0.15) is 32.3 Å². The number of nitriles is 1. The number of rotatable bonds is 10. The molecule has 0 fully saturated rings. The van der Waals surface area contributed by atoms with Gasteiger partial charge in [-0.05, 0) is 56.2 Å². The van der Waals surface area contributed by atoms with Gasteiger partial charge in [0.15, 0.2) is 11.5 Å². The van der Waals surface area contributed by atoms with Gasteiger partial charge in [-0.1, -0.05) is 12.1 Å². The average Bonchev–Trinajstić information content (AvgIpc) is 2.70. The maximum Gasteiger partial charge on any atom is 0.248 e. The minimum Gasteiger partial charge on any atom is -0.493 e. The lowest BCUT2D eigenvalue weighted by atomic mass is 10.2. The zero-order valence-electron chi connectivity index (χ0n) is 17.0. The van der Waals surface area contributed by atoms with E-state index in [1.807, 2.05) is 38.1 Å². The van der Waals surface area contributed by atoms with Crippen molar-refractivity contribution in [2.75, 3.05) is 19.0 Å². The molecule has 1 N–H and O–H groups in total. The van der Waals surface area contributed by atoms with Gasteiger partial charge in [-0.2, -0.15) is 5.26 Å². The van der Waals surface area contributed by atoms with Crippen molar-refractivity contribution >= 4 is 17.7 Å². The minimum atomic E-state index is -0.256. The summed E-state index contributed by atoms with van der Waals surface area (Å²) >= 11 is 0. The number of methoxy groups -OCH3 is 1. The van der Waals surface area contributed by atoms with Gasteiger partial charge in [-0.25, -0.2) is 0 Å². The van der Waals surface area contributed by atoms with E-state index < -0.39 is 0 Å². The van der Waals surface area contributed by atoms with Gasteiger partial charge < -0.3 is 19.5 Å².